The molecule has 9 rings (SSSR count). The first-order chi connectivity index (χ1) is 19.7. The molecular weight excluding hydrogens is 605 g/mol. The van der Waals surface area contributed by atoms with Crippen molar-refractivity contribution in [3.63, 3.8) is 0 Å². The van der Waals surface area contributed by atoms with Crippen LogP contribution in [0.1, 0.15) is 0 Å². The zero-order valence-corrected chi connectivity index (χ0v) is 25.5. The van der Waals surface area contributed by atoms with E-state index >= 15 is 0 Å². The van der Waals surface area contributed by atoms with Crippen LogP contribution < -0.4 is 0 Å². The van der Waals surface area contributed by atoms with Gasteiger partial charge in [-0.1, -0.05) is 60.7 Å². The average molecular weight is 621 g/mol. The Morgan fingerprint density at radius 1 is 0.375 bits per heavy atom. The SMILES string of the molecule is c1ccc(-c2nc3sc(-c4cc5cc6sc(-c7cc8sc(-c9ccccc9)nc8s7)cc6cc5s4)cc3s2)cc1. The van der Waals surface area contributed by atoms with E-state index in [9.17, 15) is 0 Å². The van der Waals surface area contributed by atoms with Crippen LogP contribution in [0.15, 0.2) is 97.1 Å². The van der Waals surface area contributed by atoms with Crippen LogP contribution in [0.3, 0.4) is 0 Å². The van der Waals surface area contributed by atoms with Crippen molar-refractivity contribution in [2.75, 3.05) is 0 Å². The van der Waals surface area contributed by atoms with Crippen LogP contribution >= 0.6 is 68.0 Å². The van der Waals surface area contributed by atoms with E-state index in [-0.39, 0.29) is 0 Å². The Balaban J connectivity index is 1.03. The lowest BCUT2D eigenvalue weighted by Gasteiger charge is -1.93. The van der Waals surface area contributed by atoms with Gasteiger partial charge in [-0.15, -0.1) is 68.0 Å². The summed E-state index contributed by atoms with van der Waals surface area (Å²) in [5.41, 5.74) is 2.38. The summed E-state index contributed by atoms with van der Waals surface area (Å²) >= 11 is 10.9. The first-order valence-electron chi connectivity index (χ1n) is 12.6. The molecule has 0 aliphatic heterocycles. The summed E-state index contributed by atoms with van der Waals surface area (Å²) in [6, 6.07) is 35.0. The van der Waals surface area contributed by atoms with Crippen LogP contribution in [-0.4, -0.2) is 9.97 Å². The molecule has 0 spiro atoms. The minimum absolute atomic E-state index is 1.10. The van der Waals surface area contributed by atoms with Gasteiger partial charge < -0.3 is 0 Å². The number of benzene rings is 3. The smallest absolute Gasteiger partial charge is 0.135 e. The molecule has 6 heterocycles. The lowest BCUT2D eigenvalue weighted by molar-refractivity contribution is 1.50. The van der Waals surface area contributed by atoms with E-state index in [1.165, 1.54) is 60.2 Å². The van der Waals surface area contributed by atoms with Gasteiger partial charge in [0.1, 0.15) is 19.7 Å². The van der Waals surface area contributed by atoms with E-state index < -0.39 is 0 Å². The van der Waals surface area contributed by atoms with Crippen LogP contribution in [0, 0.1) is 0 Å². The first-order valence-corrected chi connectivity index (χ1v) is 17.5. The Bertz CT molecular complexity index is 2050. The maximum absolute atomic E-state index is 4.93. The number of nitrogens with zero attached hydrogens (tertiary/aromatic N) is 2. The molecule has 0 saturated carbocycles. The zero-order valence-electron chi connectivity index (χ0n) is 20.6. The van der Waals surface area contributed by atoms with E-state index in [1.54, 1.807) is 45.3 Å². The van der Waals surface area contributed by atoms with Gasteiger partial charge in [0.25, 0.3) is 0 Å². The number of hydrogen-bond acceptors (Lipinski definition) is 8. The molecule has 8 heteroatoms. The van der Waals surface area contributed by atoms with Crippen molar-refractivity contribution in [2.45, 2.75) is 0 Å². The molecule has 40 heavy (non-hydrogen) atoms. The second-order valence-corrected chi connectivity index (χ2v) is 15.8. The minimum atomic E-state index is 1.10. The van der Waals surface area contributed by atoms with Crippen molar-refractivity contribution < 1.29 is 0 Å². The molecule has 0 amide bonds. The van der Waals surface area contributed by atoms with Crippen LogP contribution in [0.25, 0.3) is 79.9 Å². The fraction of sp³-hybridized carbons (Fsp3) is 0. The highest BCUT2D eigenvalue weighted by atomic mass is 32.1. The second kappa shape index (κ2) is 9.14. The molecule has 0 bridgehead atoms. The number of thiophene rings is 4. The standard InChI is InChI=1S/C32H16N2S6/c1-3-7-17(8-4-1)29-33-31-27(39-29)15-25(37-31)23-13-19-11-22-20(12-21(19)35-23)14-24(36-22)26-16-28-32(38-26)34-30(40-28)18-9-5-2-6-10-18/h1-16H. The van der Waals surface area contributed by atoms with Crippen LogP contribution in [-0.2, 0) is 0 Å². The van der Waals surface area contributed by atoms with Crippen LogP contribution in [0.2, 0.25) is 0 Å². The molecule has 0 N–H and O–H groups in total. The monoisotopic (exact) mass is 620 g/mol. The molecule has 0 aliphatic carbocycles. The molecule has 0 radical (unpaired) electrons. The van der Waals surface area contributed by atoms with E-state index in [2.05, 4.69) is 84.9 Å². The van der Waals surface area contributed by atoms with Gasteiger partial charge >= 0.3 is 0 Å². The molecule has 9 aromatic rings. The number of hydrogen-bond donors (Lipinski definition) is 0. The molecule has 0 unspecified atom stereocenters. The summed E-state index contributed by atoms with van der Waals surface area (Å²) in [6.07, 6.45) is 0. The molecule has 3 aromatic carbocycles. The lowest BCUT2D eigenvalue weighted by atomic mass is 10.2. The Hall–Kier alpha value is -3.24. The molecular formula is C32H16N2S6. The Morgan fingerprint density at radius 2 is 0.800 bits per heavy atom. The molecule has 0 fully saturated rings. The van der Waals surface area contributed by atoms with Crippen molar-refractivity contribution in [2.24, 2.45) is 0 Å². The largest absolute Gasteiger partial charge is 0.225 e. The molecule has 190 valence electrons. The molecule has 0 aliphatic rings. The summed E-state index contributed by atoms with van der Waals surface area (Å²) in [5.74, 6) is 0. The normalized spacial score (nSPS) is 12.0. The predicted octanol–water partition coefficient (Wildman–Crippen LogP) is 12.1. The second-order valence-electron chi connectivity index (χ2n) is 9.48. The van der Waals surface area contributed by atoms with E-state index in [1.807, 2.05) is 34.8 Å². The van der Waals surface area contributed by atoms with Gasteiger partial charge in [0.05, 0.1) is 9.40 Å². The van der Waals surface area contributed by atoms with Crippen molar-refractivity contribution in [3.05, 3.63) is 97.1 Å². The third kappa shape index (κ3) is 3.90. The van der Waals surface area contributed by atoms with E-state index in [0.29, 0.717) is 0 Å². The average Bonchev–Trinajstić information content (AvgIpc) is 3.79. The van der Waals surface area contributed by atoms with Gasteiger partial charge in [0.2, 0.25) is 0 Å². The summed E-state index contributed by atoms with van der Waals surface area (Å²) in [6.45, 7) is 0. The molecule has 0 saturated heterocycles. The highest BCUT2D eigenvalue weighted by molar-refractivity contribution is 7.33. The number of thiazole rings is 2. The number of rotatable bonds is 4. The molecule has 2 nitrogen and oxygen atoms in total. The van der Waals surface area contributed by atoms with Crippen LogP contribution in [0.4, 0.5) is 0 Å². The third-order valence-electron chi connectivity index (χ3n) is 6.86. The van der Waals surface area contributed by atoms with Crippen molar-refractivity contribution in [1.29, 1.82) is 0 Å². The maximum atomic E-state index is 4.93. The van der Waals surface area contributed by atoms with Crippen molar-refractivity contribution in [1.82, 2.24) is 9.97 Å². The Kier molecular flexibility index (Phi) is 5.36. The minimum Gasteiger partial charge on any atom is -0.225 e. The Labute approximate surface area is 253 Å². The number of aromatic nitrogens is 2. The van der Waals surface area contributed by atoms with Crippen molar-refractivity contribution >= 4 is 107 Å². The fourth-order valence-corrected chi connectivity index (χ4v) is 11.7. The lowest BCUT2D eigenvalue weighted by Crippen LogP contribution is -1.72. The topological polar surface area (TPSA) is 25.8 Å². The van der Waals surface area contributed by atoms with Crippen molar-refractivity contribution in [3.8, 4) is 40.7 Å². The van der Waals surface area contributed by atoms with E-state index in [4.69, 9.17) is 9.97 Å². The summed E-state index contributed by atoms with van der Waals surface area (Å²) in [7, 11) is 0. The quantitative estimate of drug-likeness (QED) is 0.196. The third-order valence-corrected chi connectivity index (χ3v) is 13.9. The zero-order chi connectivity index (χ0) is 26.2. The summed E-state index contributed by atoms with van der Waals surface area (Å²) in [5, 5.41) is 4.83. The summed E-state index contributed by atoms with van der Waals surface area (Å²) in [4.78, 5) is 17.4. The van der Waals surface area contributed by atoms with Gasteiger partial charge in [-0.2, -0.15) is 0 Å². The van der Waals surface area contributed by atoms with Gasteiger partial charge in [0.15, 0.2) is 0 Å². The first kappa shape index (κ1) is 23.5. The van der Waals surface area contributed by atoms with Gasteiger partial charge in [0, 0.05) is 40.0 Å². The number of fused-ring (bicyclic) bond motifs is 4. The van der Waals surface area contributed by atoms with Gasteiger partial charge in [-0.25, -0.2) is 9.97 Å². The van der Waals surface area contributed by atoms with E-state index in [0.717, 1.165) is 19.7 Å². The highest BCUT2D eigenvalue weighted by Crippen LogP contribution is 2.46. The highest BCUT2D eigenvalue weighted by Gasteiger charge is 2.16. The molecule has 0 atom stereocenters. The van der Waals surface area contributed by atoms with Gasteiger partial charge in [-0.3, -0.25) is 0 Å². The molecule has 6 aromatic heterocycles. The van der Waals surface area contributed by atoms with Crippen LogP contribution in [0.5, 0.6) is 0 Å². The van der Waals surface area contributed by atoms with Gasteiger partial charge in [-0.05, 0) is 47.2 Å². The Morgan fingerprint density at radius 3 is 1.23 bits per heavy atom. The maximum Gasteiger partial charge on any atom is 0.135 e. The predicted molar refractivity (Wildman–Crippen MR) is 181 cm³/mol. The fourth-order valence-electron chi connectivity index (χ4n) is 4.94. The summed E-state index contributed by atoms with van der Waals surface area (Å²) < 4.78 is 5.21.